The summed E-state index contributed by atoms with van der Waals surface area (Å²) in [6.45, 7) is 2.36. The number of hydrogen-bond acceptors (Lipinski definition) is 7. The number of esters is 1. The minimum absolute atomic E-state index is 0.111. The van der Waals surface area contributed by atoms with E-state index in [4.69, 9.17) is 9.47 Å². The van der Waals surface area contributed by atoms with Gasteiger partial charge < -0.3 is 19.9 Å². The normalized spacial score (nSPS) is 15.9. The maximum absolute atomic E-state index is 11.6. The third-order valence-corrected chi connectivity index (χ3v) is 3.05. The second kappa shape index (κ2) is 6.06. The standard InChI is InChI=1S/C13H16N2O6/c1-2-21-12(16)9-3-4-10(11(5-9)15(18)19)14-6-13(17)7-20-8-13/h3-5,14,17H,2,6-8H2,1H3. The number of nitrogens with zero attached hydrogens (tertiary/aromatic N) is 1. The number of nitro groups is 1. The molecule has 8 nitrogen and oxygen atoms in total. The molecule has 0 saturated carbocycles. The van der Waals surface area contributed by atoms with E-state index < -0.39 is 16.5 Å². The molecule has 2 rings (SSSR count). The predicted octanol–water partition coefficient (Wildman–Crippen LogP) is 0.945. The fourth-order valence-electron chi connectivity index (χ4n) is 1.87. The molecule has 1 fully saturated rings. The highest BCUT2D eigenvalue weighted by Crippen LogP contribution is 2.27. The zero-order valence-electron chi connectivity index (χ0n) is 11.5. The highest BCUT2D eigenvalue weighted by atomic mass is 16.6. The maximum atomic E-state index is 11.6. The second-order valence-corrected chi connectivity index (χ2v) is 4.78. The summed E-state index contributed by atoms with van der Waals surface area (Å²) in [6, 6.07) is 4.02. The number of carbonyl (C=O) groups is 1. The van der Waals surface area contributed by atoms with Gasteiger partial charge in [-0.2, -0.15) is 0 Å². The van der Waals surface area contributed by atoms with Crippen LogP contribution >= 0.6 is 0 Å². The quantitative estimate of drug-likeness (QED) is 0.456. The van der Waals surface area contributed by atoms with E-state index in [1.165, 1.54) is 12.1 Å². The second-order valence-electron chi connectivity index (χ2n) is 4.78. The van der Waals surface area contributed by atoms with Crippen LogP contribution in [0.15, 0.2) is 18.2 Å². The highest BCUT2D eigenvalue weighted by Gasteiger charge is 2.36. The van der Waals surface area contributed by atoms with Crippen molar-refractivity contribution in [1.29, 1.82) is 0 Å². The van der Waals surface area contributed by atoms with Crippen molar-refractivity contribution in [2.75, 3.05) is 31.7 Å². The number of ether oxygens (including phenoxy) is 2. The van der Waals surface area contributed by atoms with E-state index in [1.807, 2.05) is 0 Å². The minimum Gasteiger partial charge on any atom is -0.462 e. The Morgan fingerprint density at radius 3 is 2.81 bits per heavy atom. The topological polar surface area (TPSA) is 111 Å². The lowest BCUT2D eigenvalue weighted by atomic mass is 10.0. The van der Waals surface area contributed by atoms with Gasteiger partial charge in [-0.1, -0.05) is 0 Å². The molecule has 0 spiro atoms. The molecule has 21 heavy (non-hydrogen) atoms. The van der Waals surface area contributed by atoms with Crippen LogP contribution in [0.4, 0.5) is 11.4 Å². The molecule has 0 aromatic heterocycles. The van der Waals surface area contributed by atoms with Gasteiger partial charge in [0, 0.05) is 12.6 Å². The van der Waals surface area contributed by atoms with Crippen LogP contribution in [0.5, 0.6) is 0 Å². The fourth-order valence-corrected chi connectivity index (χ4v) is 1.87. The van der Waals surface area contributed by atoms with E-state index in [0.717, 1.165) is 6.07 Å². The summed E-state index contributed by atoms with van der Waals surface area (Å²) in [7, 11) is 0. The van der Waals surface area contributed by atoms with Crippen molar-refractivity contribution >= 4 is 17.3 Å². The van der Waals surface area contributed by atoms with E-state index in [0.29, 0.717) is 0 Å². The van der Waals surface area contributed by atoms with Gasteiger partial charge >= 0.3 is 5.97 Å². The van der Waals surface area contributed by atoms with Crippen molar-refractivity contribution in [3.05, 3.63) is 33.9 Å². The van der Waals surface area contributed by atoms with Crippen LogP contribution in [-0.2, 0) is 9.47 Å². The van der Waals surface area contributed by atoms with Crippen molar-refractivity contribution in [2.45, 2.75) is 12.5 Å². The summed E-state index contributed by atoms with van der Waals surface area (Å²) < 4.78 is 9.70. The van der Waals surface area contributed by atoms with Gasteiger partial charge in [0.1, 0.15) is 11.3 Å². The Bertz CT molecular complexity index is 556. The third kappa shape index (κ3) is 3.47. The summed E-state index contributed by atoms with van der Waals surface area (Å²) in [5.74, 6) is -0.613. The summed E-state index contributed by atoms with van der Waals surface area (Å²) in [5, 5.41) is 23.8. The van der Waals surface area contributed by atoms with E-state index in [9.17, 15) is 20.0 Å². The number of rotatable bonds is 6. The Morgan fingerprint density at radius 1 is 1.57 bits per heavy atom. The number of hydrogen-bond donors (Lipinski definition) is 2. The summed E-state index contributed by atoms with van der Waals surface area (Å²) >= 11 is 0. The molecule has 0 amide bonds. The molecule has 0 radical (unpaired) electrons. The smallest absolute Gasteiger partial charge is 0.338 e. The zero-order chi connectivity index (χ0) is 15.5. The molecule has 1 aliphatic rings. The molecule has 0 unspecified atom stereocenters. The molecule has 114 valence electrons. The first-order chi connectivity index (χ1) is 9.95. The number of carbonyl (C=O) groups excluding carboxylic acids is 1. The van der Waals surface area contributed by atoms with Gasteiger partial charge in [0.15, 0.2) is 0 Å². The van der Waals surface area contributed by atoms with Crippen LogP contribution in [0.3, 0.4) is 0 Å². The first kappa shape index (κ1) is 15.2. The van der Waals surface area contributed by atoms with Crippen LogP contribution in [-0.4, -0.2) is 48.0 Å². The Hall–Kier alpha value is -2.19. The number of benzene rings is 1. The van der Waals surface area contributed by atoms with Crippen LogP contribution in [0, 0.1) is 10.1 Å². The minimum atomic E-state index is -1.01. The van der Waals surface area contributed by atoms with Crippen molar-refractivity contribution < 1.29 is 24.3 Å². The molecular formula is C13H16N2O6. The third-order valence-electron chi connectivity index (χ3n) is 3.05. The Balaban J connectivity index is 2.16. The average molecular weight is 296 g/mol. The number of nitrogens with one attached hydrogen (secondary N) is 1. The molecule has 1 aliphatic heterocycles. The van der Waals surface area contributed by atoms with Gasteiger partial charge in [-0.25, -0.2) is 4.79 Å². The molecule has 1 aromatic rings. The van der Waals surface area contributed by atoms with Gasteiger partial charge in [-0.3, -0.25) is 10.1 Å². The van der Waals surface area contributed by atoms with Gasteiger partial charge in [-0.15, -0.1) is 0 Å². The lowest BCUT2D eigenvalue weighted by Gasteiger charge is -2.36. The Labute approximate surface area is 120 Å². The molecule has 1 heterocycles. The fraction of sp³-hybridized carbons (Fsp3) is 0.462. The SMILES string of the molecule is CCOC(=O)c1ccc(NCC2(O)COC2)c([N+](=O)[O-])c1. The summed E-state index contributed by atoms with van der Waals surface area (Å²) in [4.78, 5) is 22.1. The first-order valence-electron chi connectivity index (χ1n) is 6.45. The Morgan fingerprint density at radius 2 is 2.29 bits per heavy atom. The van der Waals surface area contributed by atoms with Gasteiger partial charge in [-0.05, 0) is 19.1 Å². The van der Waals surface area contributed by atoms with Crippen LogP contribution in [0.1, 0.15) is 17.3 Å². The number of nitro benzene ring substituents is 1. The molecule has 8 heteroatoms. The monoisotopic (exact) mass is 296 g/mol. The summed E-state index contributed by atoms with van der Waals surface area (Å²) in [6.07, 6.45) is 0. The van der Waals surface area contributed by atoms with E-state index >= 15 is 0 Å². The van der Waals surface area contributed by atoms with Crippen LogP contribution in [0.2, 0.25) is 0 Å². The predicted molar refractivity (Wildman–Crippen MR) is 73.3 cm³/mol. The summed E-state index contributed by atoms with van der Waals surface area (Å²) in [5.41, 5.74) is -0.911. The van der Waals surface area contributed by atoms with Crippen LogP contribution < -0.4 is 5.32 Å². The average Bonchev–Trinajstić information content (AvgIpc) is 2.43. The lowest BCUT2D eigenvalue weighted by molar-refractivity contribution is -0.384. The van der Waals surface area contributed by atoms with Gasteiger partial charge in [0.2, 0.25) is 0 Å². The molecule has 2 N–H and O–H groups in total. The highest BCUT2D eigenvalue weighted by molar-refractivity contribution is 5.91. The van der Waals surface area contributed by atoms with E-state index in [-0.39, 0.29) is 43.3 Å². The molecular weight excluding hydrogens is 280 g/mol. The molecule has 0 bridgehead atoms. The van der Waals surface area contributed by atoms with Crippen molar-refractivity contribution in [1.82, 2.24) is 0 Å². The van der Waals surface area contributed by atoms with E-state index in [2.05, 4.69) is 5.32 Å². The Kier molecular flexibility index (Phi) is 4.39. The van der Waals surface area contributed by atoms with Crippen LogP contribution in [0.25, 0.3) is 0 Å². The molecule has 0 atom stereocenters. The molecule has 0 aliphatic carbocycles. The van der Waals surface area contributed by atoms with Gasteiger partial charge in [0.25, 0.3) is 5.69 Å². The molecule has 1 aromatic carbocycles. The maximum Gasteiger partial charge on any atom is 0.338 e. The van der Waals surface area contributed by atoms with Gasteiger partial charge in [0.05, 0.1) is 30.3 Å². The first-order valence-corrected chi connectivity index (χ1v) is 6.45. The number of aliphatic hydroxyl groups is 1. The lowest BCUT2D eigenvalue weighted by Crippen LogP contribution is -2.54. The van der Waals surface area contributed by atoms with E-state index in [1.54, 1.807) is 6.92 Å². The number of anilines is 1. The largest absolute Gasteiger partial charge is 0.462 e. The van der Waals surface area contributed by atoms with Crippen molar-refractivity contribution in [2.24, 2.45) is 0 Å². The molecule has 1 saturated heterocycles. The van der Waals surface area contributed by atoms with Crippen molar-refractivity contribution in [3.63, 3.8) is 0 Å². The van der Waals surface area contributed by atoms with Crippen molar-refractivity contribution in [3.8, 4) is 0 Å². The zero-order valence-corrected chi connectivity index (χ0v) is 11.5.